The SMILES string of the molecule is CC(C)N(Cc1cccs1)C(=O)Nc1sccc1C(=O)O. The van der Waals surface area contributed by atoms with Crippen molar-refractivity contribution >= 4 is 39.7 Å². The number of carbonyl (C=O) groups excluding carboxylic acids is 1. The molecule has 0 aliphatic rings. The van der Waals surface area contributed by atoms with Gasteiger partial charge < -0.3 is 10.0 Å². The zero-order chi connectivity index (χ0) is 15.4. The Morgan fingerprint density at radius 3 is 2.62 bits per heavy atom. The van der Waals surface area contributed by atoms with Crippen LogP contribution in [0.2, 0.25) is 0 Å². The fourth-order valence-corrected chi connectivity index (χ4v) is 3.27. The van der Waals surface area contributed by atoms with Crippen LogP contribution in [-0.4, -0.2) is 28.0 Å². The minimum absolute atomic E-state index is 0.0142. The molecule has 0 aliphatic carbocycles. The van der Waals surface area contributed by atoms with Crippen molar-refractivity contribution in [1.82, 2.24) is 4.90 Å². The highest BCUT2D eigenvalue weighted by molar-refractivity contribution is 7.14. The van der Waals surface area contributed by atoms with Gasteiger partial charge in [-0.2, -0.15) is 0 Å². The van der Waals surface area contributed by atoms with Crippen LogP contribution in [0, 0.1) is 0 Å². The Balaban J connectivity index is 2.12. The number of nitrogens with zero attached hydrogens (tertiary/aromatic N) is 1. The molecular formula is C14H16N2O3S2. The highest BCUT2D eigenvalue weighted by Crippen LogP contribution is 2.24. The van der Waals surface area contributed by atoms with Gasteiger partial charge in [0.15, 0.2) is 0 Å². The molecule has 2 rings (SSSR count). The van der Waals surface area contributed by atoms with Gasteiger partial charge in [0.05, 0.1) is 12.1 Å². The van der Waals surface area contributed by atoms with Crippen molar-refractivity contribution < 1.29 is 14.7 Å². The van der Waals surface area contributed by atoms with E-state index < -0.39 is 5.97 Å². The van der Waals surface area contributed by atoms with Gasteiger partial charge in [-0.15, -0.1) is 22.7 Å². The molecule has 0 fully saturated rings. The first-order chi connectivity index (χ1) is 9.99. The molecule has 7 heteroatoms. The number of rotatable bonds is 5. The number of aromatic carboxylic acids is 1. The summed E-state index contributed by atoms with van der Waals surface area (Å²) < 4.78 is 0. The number of amides is 2. The van der Waals surface area contributed by atoms with E-state index in [0.29, 0.717) is 11.5 Å². The summed E-state index contributed by atoms with van der Waals surface area (Å²) in [4.78, 5) is 26.2. The number of thiophene rings is 2. The molecule has 0 bridgehead atoms. The molecule has 5 nitrogen and oxygen atoms in total. The van der Waals surface area contributed by atoms with Crippen molar-refractivity contribution in [3.63, 3.8) is 0 Å². The van der Waals surface area contributed by atoms with E-state index in [1.165, 1.54) is 17.4 Å². The van der Waals surface area contributed by atoms with Gasteiger partial charge in [-0.3, -0.25) is 5.32 Å². The van der Waals surface area contributed by atoms with Gasteiger partial charge in [-0.05, 0) is 36.7 Å². The lowest BCUT2D eigenvalue weighted by atomic mass is 10.3. The van der Waals surface area contributed by atoms with Gasteiger partial charge in [0.1, 0.15) is 5.00 Å². The summed E-state index contributed by atoms with van der Waals surface area (Å²) in [5.41, 5.74) is 0.119. The van der Waals surface area contributed by atoms with E-state index in [1.54, 1.807) is 21.6 Å². The molecular weight excluding hydrogens is 308 g/mol. The molecule has 0 aliphatic heterocycles. The smallest absolute Gasteiger partial charge is 0.338 e. The molecule has 2 heterocycles. The highest BCUT2D eigenvalue weighted by atomic mass is 32.1. The van der Waals surface area contributed by atoms with Crippen molar-refractivity contribution in [2.45, 2.75) is 26.4 Å². The average molecular weight is 324 g/mol. The third kappa shape index (κ3) is 3.83. The van der Waals surface area contributed by atoms with Crippen LogP contribution in [0.15, 0.2) is 29.0 Å². The maximum atomic E-state index is 12.4. The Hall–Kier alpha value is -1.86. The van der Waals surface area contributed by atoms with E-state index in [9.17, 15) is 9.59 Å². The second-order valence-corrected chi connectivity index (χ2v) is 6.65. The predicted octanol–water partition coefficient (Wildman–Crippen LogP) is 3.95. The first-order valence-corrected chi connectivity index (χ1v) is 8.15. The maximum absolute atomic E-state index is 12.4. The van der Waals surface area contributed by atoms with E-state index >= 15 is 0 Å². The Bertz CT molecular complexity index is 620. The molecule has 21 heavy (non-hydrogen) atoms. The van der Waals surface area contributed by atoms with Crippen molar-refractivity contribution in [1.29, 1.82) is 0 Å². The molecule has 2 aromatic rings. The average Bonchev–Trinajstić information content (AvgIpc) is 3.05. The van der Waals surface area contributed by atoms with E-state index in [2.05, 4.69) is 5.32 Å². The second-order valence-electron chi connectivity index (χ2n) is 4.70. The number of anilines is 1. The van der Waals surface area contributed by atoms with Crippen molar-refractivity contribution in [3.8, 4) is 0 Å². The maximum Gasteiger partial charge on any atom is 0.338 e. The molecule has 0 saturated carbocycles. The standard InChI is InChI=1S/C14H16N2O3S2/c1-9(2)16(8-10-4-3-6-20-10)14(19)15-12-11(13(17)18)5-7-21-12/h3-7,9H,8H2,1-2H3,(H,15,19)(H,17,18). The number of carboxylic acids is 1. The summed E-state index contributed by atoms with van der Waals surface area (Å²) in [6, 6.07) is 5.13. The zero-order valence-electron chi connectivity index (χ0n) is 11.7. The third-order valence-corrected chi connectivity index (χ3v) is 4.60. The lowest BCUT2D eigenvalue weighted by molar-refractivity contribution is 0.0698. The molecule has 112 valence electrons. The summed E-state index contributed by atoms with van der Waals surface area (Å²) in [6.07, 6.45) is 0. The Labute approximate surface area is 130 Å². The first-order valence-electron chi connectivity index (χ1n) is 6.40. The van der Waals surface area contributed by atoms with Gasteiger partial charge in [0.2, 0.25) is 0 Å². The van der Waals surface area contributed by atoms with Crippen LogP contribution in [0.5, 0.6) is 0 Å². The van der Waals surface area contributed by atoms with Crippen LogP contribution in [0.4, 0.5) is 9.80 Å². The second kappa shape index (κ2) is 6.73. The minimum atomic E-state index is -1.04. The van der Waals surface area contributed by atoms with Crippen LogP contribution in [0.1, 0.15) is 29.1 Å². The molecule has 0 radical (unpaired) electrons. The summed E-state index contributed by atoms with van der Waals surface area (Å²) in [6.45, 7) is 4.37. The minimum Gasteiger partial charge on any atom is -0.478 e. The molecule has 2 N–H and O–H groups in total. The van der Waals surface area contributed by atoms with Crippen molar-refractivity contribution in [2.75, 3.05) is 5.32 Å². The zero-order valence-corrected chi connectivity index (χ0v) is 13.3. The number of hydrogen-bond acceptors (Lipinski definition) is 4. The van der Waals surface area contributed by atoms with Crippen LogP contribution in [0.25, 0.3) is 0 Å². The molecule has 0 aromatic carbocycles. The highest BCUT2D eigenvalue weighted by Gasteiger charge is 2.21. The number of carbonyl (C=O) groups is 2. The quantitative estimate of drug-likeness (QED) is 0.875. The van der Waals surface area contributed by atoms with E-state index in [1.807, 2.05) is 31.4 Å². The van der Waals surface area contributed by atoms with Gasteiger partial charge in [-0.1, -0.05) is 6.07 Å². The van der Waals surface area contributed by atoms with Gasteiger partial charge >= 0.3 is 12.0 Å². The fourth-order valence-electron chi connectivity index (χ4n) is 1.80. The molecule has 0 unspecified atom stereocenters. The molecule has 2 amide bonds. The van der Waals surface area contributed by atoms with Crippen LogP contribution >= 0.6 is 22.7 Å². The summed E-state index contributed by atoms with van der Waals surface area (Å²) in [7, 11) is 0. The monoisotopic (exact) mass is 324 g/mol. The molecule has 0 atom stereocenters. The molecule has 2 aromatic heterocycles. The number of hydrogen-bond donors (Lipinski definition) is 2. The van der Waals surface area contributed by atoms with Crippen molar-refractivity contribution in [2.24, 2.45) is 0 Å². The first kappa shape index (κ1) is 15.5. The van der Waals surface area contributed by atoms with Gasteiger partial charge in [0.25, 0.3) is 0 Å². The summed E-state index contributed by atoms with van der Waals surface area (Å²) >= 11 is 2.80. The van der Waals surface area contributed by atoms with Crippen LogP contribution in [-0.2, 0) is 6.54 Å². The number of carboxylic acid groups (broad SMARTS) is 1. The number of nitrogens with one attached hydrogen (secondary N) is 1. The Kier molecular flexibility index (Phi) is 4.98. The summed E-state index contributed by atoms with van der Waals surface area (Å²) in [5, 5.41) is 15.7. The molecule has 0 saturated heterocycles. The molecule has 0 spiro atoms. The van der Waals surface area contributed by atoms with Crippen LogP contribution < -0.4 is 5.32 Å². The third-order valence-electron chi connectivity index (χ3n) is 2.91. The van der Waals surface area contributed by atoms with E-state index in [4.69, 9.17) is 5.11 Å². The fraction of sp³-hybridized carbons (Fsp3) is 0.286. The largest absolute Gasteiger partial charge is 0.478 e. The van der Waals surface area contributed by atoms with Crippen LogP contribution in [0.3, 0.4) is 0 Å². The van der Waals surface area contributed by atoms with Gasteiger partial charge in [-0.25, -0.2) is 9.59 Å². The normalized spacial score (nSPS) is 10.6. The lowest BCUT2D eigenvalue weighted by Gasteiger charge is -2.26. The van der Waals surface area contributed by atoms with E-state index in [0.717, 1.165) is 4.88 Å². The van der Waals surface area contributed by atoms with E-state index in [-0.39, 0.29) is 17.6 Å². The van der Waals surface area contributed by atoms with Crippen molar-refractivity contribution in [3.05, 3.63) is 39.4 Å². The number of urea groups is 1. The Morgan fingerprint density at radius 2 is 2.05 bits per heavy atom. The summed E-state index contributed by atoms with van der Waals surface area (Å²) in [5.74, 6) is -1.04. The topological polar surface area (TPSA) is 69.6 Å². The van der Waals surface area contributed by atoms with Gasteiger partial charge in [0, 0.05) is 10.9 Å². The Morgan fingerprint density at radius 1 is 1.29 bits per heavy atom. The lowest BCUT2D eigenvalue weighted by Crippen LogP contribution is -2.39. The predicted molar refractivity (Wildman–Crippen MR) is 85.3 cm³/mol.